The number of hydrogen-bond acceptors (Lipinski definition) is 5. The van der Waals surface area contributed by atoms with Gasteiger partial charge in [-0.15, -0.1) is 0 Å². The van der Waals surface area contributed by atoms with E-state index in [-0.39, 0.29) is 11.7 Å². The molecule has 3 heterocycles. The van der Waals surface area contributed by atoms with Crippen molar-refractivity contribution in [3.63, 3.8) is 0 Å². The minimum absolute atomic E-state index is 0.161. The number of hydrogen-bond donors (Lipinski definition) is 1. The molecule has 0 radical (unpaired) electrons. The van der Waals surface area contributed by atoms with Crippen LogP contribution in [0.25, 0.3) is 16.7 Å². The van der Waals surface area contributed by atoms with Crippen LogP contribution in [0.15, 0.2) is 41.3 Å². The van der Waals surface area contributed by atoms with Crippen LogP contribution in [-0.2, 0) is 4.74 Å². The van der Waals surface area contributed by atoms with E-state index in [1.165, 1.54) is 0 Å². The fourth-order valence-electron chi connectivity index (χ4n) is 3.12. The zero-order valence-electron chi connectivity index (χ0n) is 13.5. The number of piperidine rings is 1. The first-order valence-corrected chi connectivity index (χ1v) is 8.07. The fraction of sp³-hybridized carbons (Fsp3) is 0.353. The molecule has 124 valence electrons. The summed E-state index contributed by atoms with van der Waals surface area (Å²) in [5.74, 6) is 0.597. The smallest absolute Gasteiger partial charge is 0.263 e. The molecule has 0 atom stereocenters. The van der Waals surface area contributed by atoms with Crippen molar-refractivity contribution in [1.82, 2.24) is 19.7 Å². The first-order chi connectivity index (χ1) is 11.8. The molecule has 3 aromatic rings. The summed E-state index contributed by atoms with van der Waals surface area (Å²) in [6, 6.07) is 9.71. The predicted molar refractivity (Wildman–Crippen MR) is 91.7 cm³/mol. The largest absolute Gasteiger partial charge is 0.381 e. The van der Waals surface area contributed by atoms with Crippen LogP contribution >= 0.6 is 0 Å². The number of H-pyrrole nitrogens is 1. The Balaban J connectivity index is 1.75. The average molecular weight is 325 g/mol. The summed E-state index contributed by atoms with van der Waals surface area (Å²) in [4.78, 5) is 22.1. The minimum atomic E-state index is -0.161. The number of nitrogens with zero attached hydrogens (tertiary/aromatic N) is 4. The monoisotopic (exact) mass is 325 g/mol. The summed E-state index contributed by atoms with van der Waals surface area (Å²) in [6.45, 7) is 1.62. The molecule has 1 aliphatic heterocycles. The van der Waals surface area contributed by atoms with Crippen molar-refractivity contribution in [2.45, 2.75) is 18.9 Å². The Morgan fingerprint density at radius 3 is 2.67 bits per heavy atom. The van der Waals surface area contributed by atoms with Crippen molar-refractivity contribution >= 4 is 17.0 Å². The summed E-state index contributed by atoms with van der Waals surface area (Å²) >= 11 is 0. The molecule has 0 unspecified atom stereocenters. The Bertz CT molecular complexity index is 894. The number of nitrogens with one attached hydrogen (secondary N) is 1. The minimum Gasteiger partial charge on any atom is -0.381 e. The number of para-hydroxylation sites is 1. The molecule has 0 bridgehead atoms. The summed E-state index contributed by atoms with van der Waals surface area (Å²) in [5, 5.41) is 4.83. The number of ether oxygens (including phenoxy) is 1. The molecular weight excluding hydrogens is 306 g/mol. The lowest BCUT2D eigenvalue weighted by Gasteiger charge is -2.31. The summed E-state index contributed by atoms with van der Waals surface area (Å²) < 4.78 is 7.11. The van der Waals surface area contributed by atoms with E-state index in [0.29, 0.717) is 17.0 Å². The van der Waals surface area contributed by atoms with E-state index in [4.69, 9.17) is 4.74 Å². The Labute approximate surface area is 138 Å². The fourth-order valence-corrected chi connectivity index (χ4v) is 3.12. The zero-order chi connectivity index (χ0) is 16.5. The normalized spacial score (nSPS) is 16.0. The number of aromatic amines is 1. The van der Waals surface area contributed by atoms with Gasteiger partial charge < -0.3 is 9.64 Å². The second-order valence-corrected chi connectivity index (χ2v) is 5.94. The lowest BCUT2D eigenvalue weighted by molar-refractivity contribution is 0.0816. The van der Waals surface area contributed by atoms with Gasteiger partial charge in [0, 0.05) is 20.2 Å². The third-order valence-electron chi connectivity index (χ3n) is 4.50. The maximum atomic E-state index is 12.4. The molecule has 1 N–H and O–H groups in total. The first kappa shape index (κ1) is 14.9. The van der Waals surface area contributed by atoms with E-state index in [2.05, 4.69) is 20.0 Å². The van der Waals surface area contributed by atoms with Gasteiger partial charge >= 0.3 is 0 Å². The third-order valence-corrected chi connectivity index (χ3v) is 4.50. The van der Waals surface area contributed by atoms with Crippen molar-refractivity contribution in [2.75, 3.05) is 25.1 Å². The molecule has 1 aliphatic rings. The molecule has 0 saturated carbocycles. The van der Waals surface area contributed by atoms with Gasteiger partial charge in [-0.25, -0.2) is 4.68 Å². The number of fused-ring (bicyclic) bond motifs is 1. The zero-order valence-corrected chi connectivity index (χ0v) is 13.5. The van der Waals surface area contributed by atoms with E-state index >= 15 is 0 Å². The molecule has 7 heteroatoms. The van der Waals surface area contributed by atoms with Crippen molar-refractivity contribution in [3.8, 4) is 5.69 Å². The van der Waals surface area contributed by atoms with Gasteiger partial charge in [0.15, 0.2) is 5.65 Å². The van der Waals surface area contributed by atoms with Crippen molar-refractivity contribution in [3.05, 3.63) is 46.9 Å². The van der Waals surface area contributed by atoms with E-state index in [1.807, 2.05) is 30.3 Å². The standard InChI is InChI=1S/C17H19N5O2/c1-24-13-7-9-21(10-8-13)17-19-15-14(16(23)20-17)11-18-22(15)12-5-3-2-4-6-12/h2-6,11,13H,7-10H2,1H3,(H,19,20,23). The first-order valence-electron chi connectivity index (χ1n) is 8.07. The number of anilines is 1. The molecule has 2 aromatic heterocycles. The van der Waals surface area contributed by atoms with E-state index in [0.717, 1.165) is 31.6 Å². The summed E-state index contributed by atoms with van der Waals surface area (Å²) in [6.07, 6.45) is 3.70. The van der Waals surface area contributed by atoms with Crippen LogP contribution in [0, 0.1) is 0 Å². The highest BCUT2D eigenvalue weighted by atomic mass is 16.5. The van der Waals surface area contributed by atoms with Crippen LogP contribution in [0.4, 0.5) is 5.95 Å². The Morgan fingerprint density at radius 1 is 1.21 bits per heavy atom. The van der Waals surface area contributed by atoms with Gasteiger partial charge in [0.25, 0.3) is 5.56 Å². The molecule has 0 aliphatic carbocycles. The molecule has 4 rings (SSSR count). The quantitative estimate of drug-likeness (QED) is 0.793. The van der Waals surface area contributed by atoms with Crippen LogP contribution in [0.3, 0.4) is 0 Å². The van der Waals surface area contributed by atoms with Gasteiger partial charge in [-0.3, -0.25) is 9.78 Å². The van der Waals surface area contributed by atoms with Gasteiger partial charge in [0.05, 0.1) is 18.0 Å². The van der Waals surface area contributed by atoms with Crippen molar-refractivity contribution in [2.24, 2.45) is 0 Å². The predicted octanol–water partition coefficient (Wildman–Crippen LogP) is 1.72. The average Bonchev–Trinajstić information content (AvgIpc) is 3.07. The van der Waals surface area contributed by atoms with Gasteiger partial charge in [-0.05, 0) is 25.0 Å². The van der Waals surface area contributed by atoms with E-state index in [9.17, 15) is 4.79 Å². The van der Waals surface area contributed by atoms with Gasteiger partial charge in [-0.1, -0.05) is 18.2 Å². The van der Waals surface area contributed by atoms with Gasteiger partial charge in [0.2, 0.25) is 5.95 Å². The van der Waals surface area contributed by atoms with Crippen molar-refractivity contribution in [1.29, 1.82) is 0 Å². The van der Waals surface area contributed by atoms with Crippen LogP contribution in [-0.4, -0.2) is 46.1 Å². The Morgan fingerprint density at radius 2 is 1.96 bits per heavy atom. The highest BCUT2D eigenvalue weighted by Gasteiger charge is 2.21. The molecule has 1 fully saturated rings. The number of rotatable bonds is 3. The van der Waals surface area contributed by atoms with Crippen LogP contribution in [0.2, 0.25) is 0 Å². The molecule has 24 heavy (non-hydrogen) atoms. The topological polar surface area (TPSA) is 76.0 Å². The Kier molecular flexibility index (Phi) is 3.78. The van der Waals surface area contributed by atoms with E-state index in [1.54, 1.807) is 18.0 Å². The maximum Gasteiger partial charge on any atom is 0.263 e. The van der Waals surface area contributed by atoms with Crippen LogP contribution < -0.4 is 10.5 Å². The Hall–Kier alpha value is -2.67. The highest BCUT2D eigenvalue weighted by Crippen LogP contribution is 2.20. The second kappa shape index (κ2) is 6.09. The summed E-state index contributed by atoms with van der Waals surface area (Å²) in [7, 11) is 1.74. The molecular formula is C17H19N5O2. The second-order valence-electron chi connectivity index (χ2n) is 5.94. The van der Waals surface area contributed by atoms with Crippen LogP contribution in [0.1, 0.15) is 12.8 Å². The summed E-state index contributed by atoms with van der Waals surface area (Å²) in [5.41, 5.74) is 1.30. The third kappa shape index (κ3) is 2.56. The lowest BCUT2D eigenvalue weighted by Crippen LogP contribution is -2.38. The molecule has 7 nitrogen and oxygen atoms in total. The van der Waals surface area contributed by atoms with Gasteiger partial charge in [-0.2, -0.15) is 10.1 Å². The molecule has 0 spiro atoms. The lowest BCUT2D eigenvalue weighted by atomic mass is 10.1. The molecule has 1 aromatic carbocycles. The van der Waals surface area contributed by atoms with E-state index < -0.39 is 0 Å². The molecule has 1 saturated heterocycles. The number of aromatic nitrogens is 4. The maximum absolute atomic E-state index is 12.4. The SMILES string of the molecule is COC1CCN(c2nc3c(cnn3-c3ccccc3)c(=O)[nH]2)CC1. The van der Waals surface area contributed by atoms with Crippen molar-refractivity contribution < 1.29 is 4.74 Å². The number of benzene rings is 1. The molecule has 0 amide bonds. The van der Waals surface area contributed by atoms with Crippen LogP contribution in [0.5, 0.6) is 0 Å². The number of methoxy groups -OCH3 is 1. The van der Waals surface area contributed by atoms with Gasteiger partial charge in [0.1, 0.15) is 5.39 Å². The highest BCUT2D eigenvalue weighted by molar-refractivity contribution is 5.76.